The Hall–Kier alpha value is -1.07. The van der Waals surface area contributed by atoms with Gasteiger partial charge in [0.05, 0.1) is 6.04 Å². The SMILES string of the molecule is Cc1ccc(F)c([C@H](CF)N2CCNCC2)c1F. The van der Waals surface area contributed by atoms with Crippen molar-refractivity contribution in [3.05, 3.63) is 34.9 Å². The van der Waals surface area contributed by atoms with Crippen LogP contribution < -0.4 is 5.32 Å². The molecule has 0 amide bonds. The highest BCUT2D eigenvalue weighted by atomic mass is 19.1. The lowest BCUT2D eigenvalue weighted by Crippen LogP contribution is -2.46. The molecule has 0 saturated carbocycles. The van der Waals surface area contributed by atoms with Crippen LogP contribution in [0.4, 0.5) is 13.2 Å². The van der Waals surface area contributed by atoms with E-state index in [1.165, 1.54) is 12.1 Å². The van der Waals surface area contributed by atoms with E-state index in [-0.39, 0.29) is 5.56 Å². The summed E-state index contributed by atoms with van der Waals surface area (Å²) in [6.45, 7) is 3.41. The van der Waals surface area contributed by atoms with Crippen LogP contribution in [-0.4, -0.2) is 37.8 Å². The number of halogens is 3. The van der Waals surface area contributed by atoms with Gasteiger partial charge in [0, 0.05) is 31.7 Å². The highest BCUT2D eigenvalue weighted by Gasteiger charge is 2.28. The average molecular weight is 258 g/mol. The summed E-state index contributed by atoms with van der Waals surface area (Å²) in [5.41, 5.74) is 0.208. The van der Waals surface area contributed by atoms with Crippen LogP contribution in [0.3, 0.4) is 0 Å². The molecule has 18 heavy (non-hydrogen) atoms. The van der Waals surface area contributed by atoms with Crippen molar-refractivity contribution < 1.29 is 13.2 Å². The highest BCUT2D eigenvalue weighted by molar-refractivity contribution is 5.29. The van der Waals surface area contributed by atoms with E-state index in [1.54, 1.807) is 11.8 Å². The molecule has 5 heteroatoms. The number of nitrogens with zero attached hydrogens (tertiary/aromatic N) is 1. The van der Waals surface area contributed by atoms with Gasteiger partial charge in [-0.2, -0.15) is 0 Å². The zero-order chi connectivity index (χ0) is 13.1. The van der Waals surface area contributed by atoms with Crippen LogP contribution in [0.25, 0.3) is 0 Å². The number of hydrogen-bond acceptors (Lipinski definition) is 2. The molecule has 0 unspecified atom stereocenters. The van der Waals surface area contributed by atoms with Gasteiger partial charge in [-0.25, -0.2) is 13.2 Å². The van der Waals surface area contributed by atoms with Gasteiger partial charge < -0.3 is 5.32 Å². The Balaban J connectivity index is 2.34. The minimum atomic E-state index is -0.827. The molecule has 1 N–H and O–H groups in total. The summed E-state index contributed by atoms with van der Waals surface area (Å²) in [6.07, 6.45) is 0. The van der Waals surface area contributed by atoms with E-state index in [0.29, 0.717) is 31.7 Å². The minimum absolute atomic E-state index is 0.139. The maximum atomic E-state index is 14.0. The van der Waals surface area contributed by atoms with Gasteiger partial charge in [0.15, 0.2) is 0 Å². The van der Waals surface area contributed by atoms with Gasteiger partial charge >= 0.3 is 0 Å². The fourth-order valence-corrected chi connectivity index (χ4v) is 2.33. The molecule has 0 aliphatic carbocycles. The number of benzene rings is 1. The van der Waals surface area contributed by atoms with Gasteiger partial charge in [0.2, 0.25) is 0 Å². The van der Waals surface area contributed by atoms with Crippen molar-refractivity contribution in [1.29, 1.82) is 0 Å². The third-order valence-corrected chi connectivity index (χ3v) is 3.39. The second-order valence-electron chi connectivity index (χ2n) is 4.55. The van der Waals surface area contributed by atoms with E-state index >= 15 is 0 Å². The van der Waals surface area contributed by atoms with Gasteiger partial charge in [-0.3, -0.25) is 4.90 Å². The minimum Gasteiger partial charge on any atom is -0.314 e. The fraction of sp³-hybridized carbons (Fsp3) is 0.538. The number of aryl methyl sites for hydroxylation is 1. The van der Waals surface area contributed by atoms with Gasteiger partial charge in [-0.05, 0) is 18.6 Å². The van der Waals surface area contributed by atoms with Gasteiger partial charge in [0.1, 0.15) is 18.3 Å². The summed E-state index contributed by atoms with van der Waals surface area (Å²) < 4.78 is 41.0. The fourth-order valence-electron chi connectivity index (χ4n) is 2.33. The van der Waals surface area contributed by atoms with Gasteiger partial charge in [0.25, 0.3) is 0 Å². The first-order chi connectivity index (χ1) is 8.65. The van der Waals surface area contributed by atoms with Crippen LogP contribution >= 0.6 is 0 Å². The van der Waals surface area contributed by atoms with E-state index in [1.807, 2.05) is 0 Å². The Labute approximate surface area is 105 Å². The summed E-state index contributed by atoms with van der Waals surface area (Å²) in [5.74, 6) is -1.30. The Kier molecular flexibility index (Phi) is 4.24. The zero-order valence-corrected chi connectivity index (χ0v) is 10.3. The lowest BCUT2D eigenvalue weighted by molar-refractivity contribution is 0.141. The summed E-state index contributed by atoms with van der Waals surface area (Å²) in [7, 11) is 0. The molecule has 1 atom stereocenters. The van der Waals surface area contributed by atoms with E-state index in [9.17, 15) is 13.2 Å². The monoisotopic (exact) mass is 258 g/mol. The van der Waals surface area contributed by atoms with E-state index in [2.05, 4.69) is 5.32 Å². The average Bonchev–Trinajstić information content (AvgIpc) is 2.40. The van der Waals surface area contributed by atoms with Crippen molar-refractivity contribution in [3.8, 4) is 0 Å². The zero-order valence-electron chi connectivity index (χ0n) is 10.3. The number of rotatable bonds is 3. The molecule has 1 aromatic rings. The van der Waals surface area contributed by atoms with E-state index < -0.39 is 24.4 Å². The molecule has 2 rings (SSSR count). The molecule has 1 saturated heterocycles. The predicted octanol–water partition coefficient (Wildman–Crippen LogP) is 2.19. The molecule has 1 heterocycles. The quantitative estimate of drug-likeness (QED) is 0.894. The third-order valence-electron chi connectivity index (χ3n) is 3.39. The van der Waals surface area contributed by atoms with Crippen LogP contribution in [-0.2, 0) is 0 Å². The molecule has 0 spiro atoms. The smallest absolute Gasteiger partial charge is 0.133 e. The van der Waals surface area contributed by atoms with Crippen LogP contribution in [0, 0.1) is 18.6 Å². The molecular formula is C13H17F3N2. The van der Waals surface area contributed by atoms with Crippen molar-refractivity contribution >= 4 is 0 Å². The number of piperazine rings is 1. The maximum absolute atomic E-state index is 14.0. The second kappa shape index (κ2) is 5.71. The Morgan fingerprint density at radius 2 is 1.94 bits per heavy atom. The molecule has 0 bridgehead atoms. The van der Waals surface area contributed by atoms with Crippen molar-refractivity contribution in [2.45, 2.75) is 13.0 Å². The first-order valence-corrected chi connectivity index (χ1v) is 6.10. The molecule has 1 fully saturated rings. The van der Waals surface area contributed by atoms with Crippen LogP contribution in [0.1, 0.15) is 17.2 Å². The van der Waals surface area contributed by atoms with E-state index in [0.717, 1.165) is 0 Å². The molecule has 1 aliphatic heterocycles. The van der Waals surface area contributed by atoms with Crippen LogP contribution in [0.2, 0.25) is 0 Å². The summed E-state index contributed by atoms with van der Waals surface area (Å²) in [5, 5.41) is 3.13. The first-order valence-electron chi connectivity index (χ1n) is 6.10. The summed E-state index contributed by atoms with van der Waals surface area (Å²) in [4.78, 5) is 1.79. The largest absolute Gasteiger partial charge is 0.314 e. The summed E-state index contributed by atoms with van der Waals surface area (Å²) in [6, 6.07) is 1.76. The molecule has 100 valence electrons. The Morgan fingerprint density at radius 3 is 2.56 bits per heavy atom. The van der Waals surface area contributed by atoms with Crippen molar-refractivity contribution in [2.75, 3.05) is 32.9 Å². The molecule has 1 aromatic carbocycles. The number of hydrogen-bond donors (Lipinski definition) is 1. The lowest BCUT2D eigenvalue weighted by Gasteiger charge is -2.34. The van der Waals surface area contributed by atoms with Crippen LogP contribution in [0.5, 0.6) is 0 Å². The molecule has 2 nitrogen and oxygen atoms in total. The van der Waals surface area contributed by atoms with Gasteiger partial charge in [-0.1, -0.05) is 6.07 Å². The lowest BCUT2D eigenvalue weighted by atomic mass is 10.0. The topological polar surface area (TPSA) is 15.3 Å². The highest BCUT2D eigenvalue weighted by Crippen LogP contribution is 2.28. The number of nitrogens with one attached hydrogen (secondary N) is 1. The Morgan fingerprint density at radius 1 is 1.28 bits per heavy atom. The molecular weight excluding hydrogens is 241 g/mol. The third kappa shape index (κ3) is 2.52. The summed E-state index contributed by atoms with van der Waals surface area (Å²) >= 11 is 0. The molecule has 0 aromatic heterocycles. The van der Waals surface area contributed by atoms with Gasteiger partial charge in [-0.15, -0.1) is 0 Å². The maximum Gasteiger partial charge on any atom is 0.133 e. The van der Waals surface area contributed by atoms with Crippen molar-refractivity contribution in [2.24, 2.45) is 0 Å². The normalized spacial score (nSPS) is 18.9. The standard InChI is InChI=1S/C13H17F3N2/c1-9-2-3-10(15)12(13(9)16)11(8-14)18-6-4-17-5-7-18/h2-3,11,17H,4-8H2,1H3/t11-/m0/s1. The van der Waals surface area contributed by atoms with Crippen LogP contribution in [0.15, 0.2) is 12.1 Å². The molecule has 0 radical (unpaired) electrons. The molecule has 1 aliphatic rings. The number of alkyl halides is 1. The predicted molar refractivity (Wildman–Crippen MR) is 64.3 cm³/mol. The Bertz CT molecular complexity index is 417. The van der Waals surface area contributed by atoms with Crippen molar-refractivity contribution in [1.82, 2.24) is 10.2 Å². The first kappa shape index (κ1) is 13.4. The second-order valence-corrected chi connectivity index (χ2v) is 4.55. The van der Waals surface area contributed by atoms with E-state index in [4.69, 9.17) is 0 Å². The van der Waals surface area contributed by atoms with Crippen molar-refractivity contribution in [3.63, 3.8) is 0 Å².